The molecule has 0 radical (unpaired) electrons. The predicted octanol–water partition coefficient (Wildman–Crippen LogP) is 5.25. The SMILES string of the molecule is CC(C)=CCC/C(C)=C/CN1C(=O)[C@@]2(O[C@@H](CC(=O)N(CCO)Cc3ccccc3)[C@H]([Si](C)(C)O)[C@H]2C)c2cc(NC(=O)[C@H](C)O)ccc21. The highest BCUT2D eigenvalue weighted by Gasteiger charge is 2.66. The second-order valence-corrected chi connectivity index (χ2v) is 18.2. The zero-order valence-electron chi connectivity index (χ0n) is 29.9. The molecule has 11 heteroatoms. The maximum Gasteiger partial charge on any atom is 0.264 e. The third kappa shape index (κ3) is 8.58. The lowest BCUT2D eigenvalue weighted by Crippen LogP contribution is -2.46. The summed E-state index contributed by atoms with van der Waals surface area (Å²) >= 11 is 0. The van der Waals surface area contributed by atoms with Gasteiger partial charge in [0.15, 0.2) is 13.9 Å². The summed E-state index contributed by atoms with van der Waals surface area (Å²) in [5.74, 6) is -1.62. The molecule has 2 heterocycles. The minimum atomic E-state index is -3.06. The second-order valence-electron chi connectivity index (χ2n) is 14.3. The summed E-state index contributed by atoms with van der Waals surface area (Å²) in [6.07, 6.45) is 3.89. The van der Waals surface area contributed by atoms with Crippen LogP contribution in [0.1, 0.15) is 65.0 Å². The first-order chi connectivity index (χ1) is 23.1. The van der Waals surface area contributed by atoms with Crippen molar-refractivity contribution in [2.24, 2.45) is 5.92 Å². The topological polar surface area (TPSA) is 140 Å². The molecule has 2 aromatic carbocycles. The lowest BCUT2D eigenvalue weighted by atomic mass is 9.82. The summed E-state index contributed by atoms with van der Waals surface area (Å²) in [6, 6.07) is 14.7. The quantitative estimate of drug-likeness (QED) is 0.157. The molecule has 0 aromatic heterocycles. The number of nitrogens with one attached hydrogen (secondary N) is 1. The van der Waals surface area contributed by atoms with Crippen LogP contribution in [0.25, 0.3) is 0 Å². The van der Waals surface area contributed by atoms with Gasteiger partial charge < -0.3 is 34.9 Å². The normalized spacial score (nSPS) is 22.7. The van der Waals surface area contributed by atoms with E-state index in [9.17, 15) is 29.4 Å². The van der Waals surface area contributed by atoms with Crippen LogP contribution < -0.4 is 10.2 Å². The number of benzene rings is 2. The number of nitrogens with zero attached hydrogens (tertiary/aromatic N) is 2. The number of amides is 3. The zero-order valence-corrected chi connectivity index (χ0v) is 30.9. The number of hydrogen-bond donors (Lipinski definition) is 4. The molecule has 1 spiro atoms. The van der Waals surface area contributed by atoms with Crippen LogP contribution in [0, 0.1) is 5.92 Å². The molecule has 0 bridgehead atoms. The van der Waals surface area contributed by atoms with Crippen LogP contribution in [0.4, 0.5) is 11.4 Å². The molecule has 2 aliphatic heterocycles. The van der Waals surface area contributed by atoms with Crippen molar-refractivity contribution in [3.8, 4) is 0 Å². The van der Waals surface area contributed by atoms with E-state index < -0.39 is 43.5 Å². The minimum absolute atomic E-state index is 0.0784. The van der Waals surface area contributed by atoms with Gasteiger partial charge in [0.25, 0.3) is 11.8 Å². The molecule has 266 valence electrons. The Morgan fingerprint density at radius 1 is 1.12 bits per heavy atom. The molecular weight excluding hydrogens is 639 g/mol. The van der Waals surface area contributed by atoms with E-state index in [1.807, 2.05) is 50.3 Å². The highest BCUT2D eigenvalue weighted by molar-refractivity contribution is 6.71. The molecule has 49 heavy (non-hydrogen) atoms. The Kier molecular flexibility index (Phi) is 12.4. The van der Waals surface area contributed by atoms with Crippen molar-refractivity contribution >= 4 is 37.4 Å². The molecule has 2 aromatic rings. The van der Waals surface area contributed by atoms with Gasteiger partial charge in [-0.05, 0) is 77.4 Å². The van der Waals surface area contributed by atoms with E-state index in [1.54, 1.807) is 41.1 Å². The van der Waals surface area contributed by atoms with Crippen molar-refractivity contribution in [1.29, 1.82) is 0 Å². The standard InChI is InChI=1S/C38H53N3O7Si/c1-25(2)12-11-13-26(3)18-19-41-32-17-16-30(39-36(45)28(5)43)22-31(32)38(37(41)46)27(4)35(49(6,7)47)33(48-38)23-34(44)40(20-21-42)24-29-14-9-8-10-15-29/h8-10,12,14-18,22,27-28,33,35,42-43,47H,11,13,19-21,23-24H2,1-7H3,(H,39,45)/b26-18+/t27-,28+,33+,35-,38+/m1/s1. The number of ether oxygens (including phenoxy) is 1. The fourth-order valence-electron chi connectivity index (χ4n) is 7.24. The van der Waals surface area contributed by atoms with Gasteiger partial charge in [0, 0.05) is 42.3 Å². The van der Waals surface area contributed by atoms with Gasteiger partial charge in [0.05, 0.1) is 24.8 Å². The van der Waals surface area contributed by atoms with Crippen molar-refractivity contribution in [3.63, 3.8) is 0 Å². The summed E-state index contributed by atoms with van der Waals surface area (Å²) in [5.41, 5.74) is 2.89. The van der Waals surface area contributed by atoms with Crippen LogP contribution in [0.3, 0.4) is 0 Å². The Morgan fingerprint density at radius 2 is 1.82 bits per heavy atom. The van der Waals surface area contributed by atoms with Crippen LogP contribution in [0.5, 0.6) is 0 Å². The van der Waals surface area contributed by atoms with Gasteiger partial charge in [-0.25, -0.2) is 0 Å². The zero-order chi connectivity index (χ0) is 36.1. The van der Waals surface area contributed by atoms with E-state index in [0.717, 1.165) is 24.0 Å². The number of carbonyl (C=O) groups excluding carboxylic acids is 3. The van der Waals surface area contributed by atoms with Crippen molar-refractivity contribution < 1.29 is 34.1 Å². The number of allylic oxidation sites excluding steroid dienone is 3. The van der Waals surface area contributed by atoms with E-state index in [0.29, 0.717) is 30.0 Å². The molecule has 5 atom stereocenters. The first-order valence-corrected chi connectivity index (χ1v) is 20.2. The Labute approximate surface area is 291 Å². The van der Waals surface area contributed by atoms with Crippen molar-refractivity contribution in [1.82, 2.24) is 4.90 Å². The minimum Gasteiger partial charge on any atom is -0.432 e. The van der Waals surface area contributed by atoms with Crippen LogP contribution in [0.15, 0.2) is 71.8 Å². The largest absolute Gasteiger partial charge is 0.432 e. The first-order valence-electron chi connectivity index (χ1n) is 17.2. The molecule has 10 nitrogen and oxygen atoms in total. The van der Waals surface area contributed by atoms with Gasteiger partial charge in [-0.15, -0.1) is 0 Å². The number of hydrogen-bond acceptors (Lipinski definition) is 7. The van der Waals surface area contributed by atoms with E-state index in [1.165, 1.54) is 12.5 Å². The monoisotopic (exact) mass is 691 g/mol. The number of fused-ring (bicyclic) bond motifs is 2. The predicted molar refractivity (Wildman–Crippen MR) is 194 cm³/mol. The molecule has 0 unspecified atom stereocenters. The van der Waals surface area contributed by atoms with Crippen LogP contribution in [-0.2, 0) is 31.3 Å². The summed E-state index contributed by atoms with van der Waals surface area (Å²) in [5, 5.41) is 22.4. The molecule has 4 rings (SSSR count). The average molecular weight is 692 g/mol. The molecule has 0 saturated carbocycles. The highest BCUT2D eigenvalue weighted by atomic mass is 28.4. The van der Waals surface area contributed by atoms with Gasteiger partial charge >= 0.3 is 0 Å². The fraction of sp³-hybridized carbons (Fsp3) is 0.500. The van der Waals surface area contributed by atoms with E-state index in [-0.39, 0.29) is 31.4 Å². The molecule has 1 saturated heterocycles. The van der Waals surface area contributed by atoms with Crippen molar-refractivity contribution in [2.75, 3.05) is 29.9 Å². The number of anilines is 2. The summed E-state index contributed by atoms with van der Waals surface area (Å²) in [4.78, 5) is 56.1. The summed E-state index contributed by atoms with van der Waals surface area (Å²) in [7, 11) is -3.06. The van der Waals surface area contributed by atoms with Crippen molar-refractivity contribution in [3.05, 3.63) is 83.0 Å². The van der Waals surface area contributed by atoms with Gasteiger partial charge in [0.2, 0.25) is 5.91 Å². The second kappa shape index (κ2) is 15.9. The summed E-state index contributed by atoms with van der Waals surface area (Å²) < 4.78 is 6.87. The smallest absolute Gasteiger partial charge is 0.264 e. The Balaban J connectivity index is 1.74. The Hall–Kier alpha value is -3.61. The maximum absolute atomic E-state index is 14.8. The van der Waals surface area contributed by atoms with Crippen molar-refractivity contribution in [2.45, 2.75) is 96.9 Å². The van der Waals surface area contributed by atoms with Gasteiger partial charge in [-0.2, -0.15) is 0 Å². The highest BCUT2D eigenvalue weighted by Crippen LogP contribution is 2.60. The van der Waals surface area contributed by atoms with Crippen LogP contribution in [-0.4, -0.2) is 77.9 Å². The molecule has 4 N–H and O–H groups in total. The number of aliphatic hydroxyl groups excluding tert-OH is 2. The first kappa shape index (κ1) is 38.2. The Bertz CT molecular complexity index is 1560. The third-order valence-electron chi connectivity index (χ3n) is 9.66. The third-order valence-corrected chi connectivity index (χ3v) is 12.2. The van der Waals surface area contributed by atoms with Gasteiger partial charge in [-0.3, -0.25) is 14.4 Å². The number of carbonyl (C=O) groups is 3. The van der Waals surface area contributed by atoms with E-state index in [4.69, 9.17) is 4.74 Å². The lowest BCUT2D eigenvalue weighted by molar-refractivity contribution is -0.149. The summed E-state index contributed by atoms with van der Waals surface area (Å²) in [6.45, 7) is 13.6. The molecule has 3 amide bonds. The van der Waals surface area contributed by atoms with Crippen LogP contribution >= 0.6 is 0 Å². The molecule has 0 aliphatic carbocycles. The fourth-order valence-corrected chi connectivity index (χ4v) is 9.79. The van der Waals surface area contributed by atoms with E-state index in [2.05, 4.69) is 25.2 Å². The average Bonchev–Trinajstić information content (AvgIpc) is 3.45. The number of aliphatic hydroxyl groups is 2. The van der Waals surface area contributed by atoms with Crippen LogP contribution in [0.2, 0.25) is 18.6 Å². The maximum atomic E-state index is 14.8. The molecular formula is C38H53N3O7Si. The van der Waals surface area contributed by atoms with Gasteiger partial charge in [-0.1, -0.05) is 60.6 Å². The molecule has 2 aliphatic rings. The van der Waals surface area contributed by atoms with Gasteiger partial charge in [0.1, 0.15) is 6.10 Å². The lowest BCUT2D eigenvalue weighted by Gasteiger charge is -2.32. The molecule has 1 fully saturated rings. The number of rotatable bonds is 14. The van der Waals surface area contributed by atoms with E-state index >= 15 is 0 Å². The Morgan fingerprint density at radius 3 is 2.43 bits per heavy atom.